The van der Waals surface area contributed by atoms with Crippen molar-refractivity contribution in [1.29, 1.82) is 0 Å². The number of fused-ring (bicyclic) bond motifs is 5. The molecule has 4 fully saturated rings. The first-order chi connectivity index (χ1) is 14.6. The van der Waals surface area contributed by atoms with Gasteiger partial charge in [0.2, 0.25) is 0 Å². The lowest BCUT2D eigenvalue weighted by Gasteiger charge is -2.65. The fraction of sp³-hybridized carbons (Fsp3) is 0.960. The molecule has 0 aliphatic heterocycles. The van der Waals surface area contributed by atoms with E-state index in [4.69, 9.17) is 14.2 Å². The van der Waals surface area contributed by atoms with Crippen molar-refractivity contribution in [2.24, 2.45) is 40.4 Å². The minimum atomic E-state index is -1.34. The predicted octanol–water partition coefficient (Wildman–Crippen LogP) is 3.18. The van der Waals surface area contributed by atoms with Gasteiger partial charge in [-0.15, -0.1) is 0 Å². The van der Waals surface area contributed by atoms with Crippen molar-refractivity contribution in [3.63, 3.8) is 0 Å². The number of hydrogen-bond donors (Lipinski definition) is 2. The summed E-state index contributed by atoms with van der Waals surface area (Å²) < 4.78 is 16.3. The first-order valence-electron chi connectivity index (χ1n) is 12.2. The molecule has 0 aromatic heterocycles. The zero-order valence-electron chi connectivity index (χ0n) is 19.9. The summed E-state index contributed by atoms with van der Waals surface area (Å²) in [7, 11) is 3.34. The molecular formula is C25H42O6. The van der Waals surface area contributed by atoms with E-state index < -0.39 is 11.7 Å². The van der Waals surface area contributed by atoms with Gasteiger partial charge in [0, 0.05) is 26.7 Å². The maximum Gasteiger partial charge on any atom is 0.167 e. The standard InChI is InChI=1S/C25H42O6/c1-15(13-29-4)17-6-7-19-23(17,2)11-9-20-24(3)10-8-16(31-14-30-5)12-18(24)21(26)22(27)25(19,20)28/h15-20,22,27-28H,6-14H2,1-5H3/t15?,16-,17+,18+,19+,20?,22+,23+,24-,25-/m0/s1. The summed E-state index contributed by atoms with van der Waals surface area (Å²) in [5.41, 5.74) is -1.71. The van der Waals surface area contributed by atoms with Gasteiger partial charge >= 0.3 is 0 Å². The van der Waals surface area contributed by atoms with Gasteiger partial charge in [0.05, 0.1) is 6.10 Å². The van der Waals surface area contributed by atoms with E-state index in [2.05, 4.69) is 20.8 Å². The molecule has 2 N–H and O–H groups in total. The summed E-state index contributed by atoms with van der Waals surface area (Å²) >= 11 is 0. The molecule has 0 radical (unpaired) electrons. The zero-order chi connectivity index (χ0) is 22.6. The van der Waals surface area contributed by atoms with E-state index in [1.54, 1.807) is 14.2 Å². The van der Waals surface area contributed by atoms with E-state index in [1.807, 2.05) is 0 Å². The molecule has 0 heterocycles. The van der Waals surface area contributed by atoms with Crippen LogP contribution in [0.3, 0.4) is 0 Å². The molecular weight excluding hydrogens is 396 g/mol. The van der Waals surface area contributed by atoms with Gasteiger partial charge in [-0.2, -0.15) is 0 Å². The first kappa shape index (κ1) is 23.6. The van der Waals surface area contributed by atoms with Crippen LogP contribution in [0.1, 0.15) is 65.7 Å². The highest BCUT2D eigenvalue weighted by atomic mass is 16.7. The van der Waals surface area contributed by atoms with E-state index in [1.165, 1.54) is 0 Å². The normalized spacial score (nSPS) is 50.5. The molecule has 10 atom stereocenters. The molecule has 2 unspecified atom stereocenters. The molecule has 0 aromatic rings. The van der Waals surface area contributed by atoms with Gasteiger partial charge in [-0.05, 0) is 79.4 Å². The summed E-state index contributed by atoms with van der Waals surface area (Å²) in [4.78, 5) is 13.5. The lowest BCUT2D eigenvalue weighted by molar-refractivity contribution is -0.259. The molecule has 178 valence electrons. The molecule has 0 amide bonds. The monoisotopic (exact) mass is 438 g/mol. The van der Waals surface area contributed by atoms with Crippen LogP contribution in [0.25, 0.3) is 0 Å². The Bertz CT molecular complexity index is 683. The minimum Gasteiger partial charge on any atom is -0.386 e. The van der Waals surface area contributed by atoms with Gasteiger partial charge in [-0.1, -0.05) is 20.8 Å². The summed E-state index contributed by atoms with van der Waals surface area (Å²) in [6.07, 6.45) is 4.76. The van der Waals surface area contributed by atoms with E-state index in [0.717, 1.165) is 38.5 Å². The Morgan fingerprint density at radius 2 is 1.71 bits per heavy atom. The Hall–Kier alpha value is -0.530. The number of carbonyl (C=O) groups is 1. The highest BCUT2D eigenvalue weighted by Crippen LogP contribution is 2.69. The quantitative estimate of drug-likeness (QED) is 0.620. The number of carbonyl (C=O) groups excluding carboxylic acids is 1. The number of methoxy groups -OCH3 is 2. The van der Waals surface area contributed by atoms with Gasteiger partial charge in [0.1, 0.15) is 18.5 Å². The topological polar surface area (TPSA) is 85.2 Å². The highest BCUT2D eigenvalue weighted by molar-refractivity contribution is 5.89. The molecule has 0 bridgehead atoms. The molecule has 6 heteroatoms. The highest BCUT2D eigenvalue weighted by Gasteiger charge is 2.72. The van der Waals surface area contributed by atoms with Crippen molar-refractivity contribution >= 4 is 5.78 Å². The number of Topliss-reactive ketones (excluding diaryl/α,β-unsaturated/α-hetero) is 1. The van der Waals surface area contributed by atoms with Gasteiger partial charge in [0.25, 0.3) is 0 Å². The third-order valence-corrected chi connectivity index (χ3v) is 10.2. The first-order valence-corrected chi connectivity index (χ1v) is 12.2. The Balaban J connectivity index is 1.64. The van der Waals surface area contributed by atoms with Crippen LogP contribution >= 0.6 is 0 Å². The van der Waals surface area contributed by atoms with Gasteiger partial charge < -0.3 is 24.4 Å². The van der Waals surface area contributed by atoms with Crippen LogP contribution in [-0.4, -0.2) is 61.4 Å². The maximum absolute atomic E-state index is 13.5. The van der Waals surface area contributed by atoms with E-state index in [9.17, 15) is 15.0 Å². The third-order valence-electron chi connectivity index (χ3n) is 10.2. The Morgan fingerprint density at radius 3 is 2.39 bits per heavy atom. The molecule has 4 saturated carbocycles. The average molecular weight is 439 g/mol. The van der Waals surface area contributed by atoms with Crippen molar-refractivity contribution in [3.05, 3.63) is 0 Å². The van der Waals surface area contributed by atoms with Crippen molar-refractivity contribution in [3.8, 4) is 0 Å². The van der Waals surface area contributed by atoms with Crippen LogP contribution in [0.15, 0.2) is 0 Å². The van der Waals surface area contributed by atoms with Crippen LogP contribution in [0.2, 0.25) is 0 Å². The second-order valence-electron chi connectivity index (χ2n) is 11.5. The smallest absolute Gasteiger partial charge is 0.167 e. The number of ketones is 1. The van der Waals surface area contributed by atoms with Crippen LogP contribution in [-0.2, 0) is 19.0 Å². The molecule has 0 saturated heterocycles. The Kier molecular flexibility index (Phi) is 6.37. The van der Waals surface area contributed by atoms with Gasteiger partial charge in [0.15, 0.2) is 5.78 Å². The predicted molar refractivity (Wildman–Crippen MR) is 116 cm³/mol. The summed E-state index contributed by atoms with van der Waals surface area (Å²) in [5.74, 6) is 0.279. The zero-order valence-corrected chi connectivity index (χ0v) is 19.9. The van der Waals surface area contributed by atoms with Crippen LogP contribution in [0, 0.1) is 40.4 Å². The van der Waals surface area contributed by atoms with Crippen molar-refractivity contribution in [2.75, 3.05) is 27.6 Å². The van der Waals surface area contributed by atoms with Crippen molar-refractivity contribution < 1.29 is 29.2 Å². The lowest BCUT2D eigenvalue weighted by atomic mass is 9.41. The average Bonchev–Trinajstić information content (AvgIpc) is 3.10. The van der Waals surface area contributed by atoms with Crippen molar-refractivity contribution in [1.82, 2.24) is 0 Å². The second-order valence-corrected chi connectivity index (χ2v) is 11.5. The van der Waals surface area contributed by atoms with Crippen LogP contribution in [0.5, 0.6) is 0 Å². The van der Waals surface area contributed by atoms with Crippen LogP contribution < -0.4 is 0 Å². The van der Waals surface area contributed by atoms with E-state index in [-0.39, 0.29) is 47.3 Å². The van der Waals surface area contributed by atoms with Crippen LogP contribution in [0.4, 0.5) is 0 Å². The minimum absolute atomic E-state index is 0.0278. The molecule has 31 heavy (non-hydrogen) atoms. The maximum atomic E-state index is 13.5. The Morgan fingerprint density at radius 1 is 1.03 bits per heavy atom. The second kappa shape index (κ2) is 8.35. The van der Waals surface area contributed by atoms with Crippen molar-refractivity contribution in [2.45, 2.75) is 83.5 Å². The summed E-state index contributed by atoms with van der Waals surface area (Å²) in [6.45, 7) is 7.64. The third kappa shape index (κ3) is 3.35. The molecule has 4 aliphatic carbocycles. The molecule has 4 aliphatic rings. The Labute approximate surface area is 187 Å². The summed E-state index contributed by atoms with van der Waals surface area (Å²) in [5, 5.41) is 23.6. The van der Waals surface area contributed by atoms with Gasteiger partial charge in [-0.3, -0.25) is 4.79 Å². The van der Waals surface area contributed by atoms with Gasteiger partial charge in [-0.25, -0.2) is 0 Å². The number of hydrogen-bond acceptors (Lipinski definition) is 6. The number of aliphatic hydroxyl groups excluding tert-OH is 1. The summed E-state index contributed by atoms with van der Waals surface area (Å²) in [6, 6.07) is 0. The number of aliphatic hydroxyl groups is 2. The van der Waals surface area contributed by atoms with E-state index in [0.29, 0.717) is 24.9 Å². The molecule has 6 nitrogen and oxygen atoms in total. The fourth-order valence-electron chi connectivity index (χ4n) is 8.75. The molecule has 0 aromatic carbocycles. The molecule has 4 rings (SSSR count). The SMILES string of the molecule is COCO[C@H]1CC[C@]2(C)C3CC[C@]4(C)[C@@H](C(C)COC)CC[C@H]4[C@@]3(O)[C@H](O)C(=O)[C@H]2C1. The fourth-order valence-corrected chi connectivity index (χ4v) is 8.75. The largest absolute Gasteiger partial charge is 0.386 e. The number of rotatable bonds is 6. The van der Waals surface area contributed by atoms with E-state index >= 15 is 0 Å². The number of ether oxygens (including phenoxy) is 3. The molecule has 0 spiro atoms. The lowest BCUT2D eigenvalue weighted by Crippen LogP contribution is -2.73.